The molecular formula is C25H25ClN2O4S. The van der Waals surface area contributed by atoms with E-state index in [1.165, 1.54) is 26.0 Å². The number of benzene rings is 3. The van der Waals surface area contributed by atoms with Gasteiger partial charge in [0.05, 0.1) is 19.5 Å². The molecule has 0 saturated heterocycles. The van der Waals surface area contributed by atoms with Crippen LogP contribution in [0.4, 0.5) is 11.4 Å². The Morgan fingerprint density at radius 1 is 0.939 bits per heavy atom. The quantitative estimate of drug-likeness (QED) is 0.381. The van der Waals surface area contributed by atoms with Crippen LogP contribution >= 0.6 is 23.4 Å². The summed E-state index contributed by atoms with van der Waals surface area (Å²) in [5.74, 6) is 0.338. The van der Waals surface area contributed by atoms with Crippen LogP contribution in [0.1, 0.15) is 22.8 Å². The molecule has 0 fully saturated rings. The molecule has 1 unspecified atom stereocenters. The van der Waals surface area contributed by atoms with Gasteiger partial charge in [-0.05, 0) is 61.9 Å². The fourth-order valence-electron chi connectivity index (χ4n) is 3.15. The molecule has 0 spiro atoms. The number of carbonyl (C=O) groups is 2. The van der Waals surface area contributed by atoms with Crippen LogP contribution in [-0.2, 0) is 4.79 Å². The Labute approximate surface area is 202 Å². The van der Waals surface area contributed by atoms with Gasteiger partial charge in [-0.1, -0.05) is 29.8 Å². The standard InChI is InChI=1S/C25H25ClN2O4S/c1-15-19(26)10-6-11-20(15)28-24(29)16(2)33-18-9-5-8-17(14-18)27-25(30)23-21(31-3)12-7-13-22(23)32-4/h5-14,16H,1-4H3,(H,27,30)(H,28,29). The molecule has 0 radical (unpaired) electrons. The van der Waals surface area contributed by atoms with E-state index in [1.807, 2.05) is 38.1 Å². The number of halogens is 1. The van der Waals surface area contributed by atoms with E-state index in [4.69, 9.17) is 21.1 Å². The lowest BCUT2D eigenvalue weighted by Gasteiger charge is -2.15. The highest BCUT2D eigenvalue weighted by molar-refractivity contribution is 8.00. The first-order valence-corrected chi connectivity index (χ1v) is 11.4. The van der Waals surface area contributed by atoms with Crippen molar-refractivity contribution in [3.63, 3.8) is 0 Å². The van der Waals surface area contributed by atoms with Crippen LogP contribution in [0.25, 0.3) is 0 Å². The van der Waals surface area contributed by atoms with Crippen molar-refractivity contribution in [2.45, 2.75) is 24.0 Å². The van der Waals surface area contributed by atoms with E-state index >= 15 is 0 Å². The smallest absolute Gasteiger partial charge is 0.263 e. The van der Waals surface area contributed by atoms with Crippen molar-refractivity contribution in [1.29, 1.82) is 0 Å². The van der Waals surface area contributed by atoms with Gasteiger partial charge in [-0.3, -0.25) is 9.59 Å². The second kappa shape index (κ2) is 11.1. The molecule has 0 aromatic heterocycles. The number of thioether (sulfide) groups is 1. The molecule has 0 aliphatic heterocycles. The summed E-state index contributed by atoms with van der Waals surface area (Å²) < 4.78 is 10.6. The number of hydrogen-bond donors (Lipinski definition) is 2. The van der Waals surface area contributed by atoms with Crippen LogP contribution in [0.5, 0.6) is 11.5 Å². The second-order valence-electron chi connectivity index (χ2n) is 7.18. The lowest BCUT2D eigenvalue weighted by atomic mass is 10.1. The molecule has 8 heteroatoms. The highest BCUT2D eigenvalue weighted by Gasteiger charge is 2.19. The van der Waals surface area contributed by atoms with Crippen molar-refractivity contribution >= 4 is 46.6 Å². The lowest BCUT2D eigenvalue weighted by Crippen LogP contribution is -2.22. The Morgan fingerprint density at radius 3 is 2.24 bits per heavy atom. The number of nitrogens with one attached hydrogen (secondary N) is 2. The molecule has 1 atom stereocenters. The molecule has 0 aliphatic carbocycles. The van der Waals surface area contributed by atoms with E-state index in [1.54, 1.807) is 36.4 Å². The third-order valence-corrected chi connectivity index (χ3v) is 6.46. The summed E-state index contributed by atoms with van der Waals surface area (Å²) in [6.07, 6.45) is 0. The maximum absolute atomic E-state index is 12.9. The molecule has 172 valence electrons. The van der Waals surface area contributed by atoms with Crippen molar-refractivity contribution in [1.82, 2.24) is 0 Å². The zero-order valence-electron chi connectivity index (χ0n) is 18.8. The Balaban J connectivity index is 1.70. The molecule has 2 N–H and O–H groups in total. The van der Waals surface area contributed by atoms with Gasteiger partial charge in [0.2, 0.25) is 5.91 Å². The summed E-state index contributed by atoms with van der Waals surface area (Å²) >= 11 is 7.53. The Hall–Kier alpha value is -3.16. The van der Waals surface area contributed by atoms with Gasteiger partial charge in [-0.2, -0.15) is 0 Å². The minimum absolute atomic E-state index is 0.140. The molecule has 0 heterocycles. The number of methoxy groups -OCH3 is 2. The predicted octanol–water partition coefficient (Wildman–Crippen LogP) is 6.04. The van der Waals surface area contributed by atoms with Crippen LogP contribution < -0.4 is 20.1 Å². The lowest BCUT2D eigenvalue weighted by molar-refractivity contribution is -0.115. The van der Waals surface area contributed by atoms with E-state index in [2.05, 4.69) is 10.6 Å². The van der Waals surface area contributed by atoms with Crippen LogP contribution in [0.15, 0.2) is 65.6 Å². The number of anilines is 2. The molecule has 2 amide bonds. The summed E-state index contributed by atoms with van der Waals surface area (Å²) in [7, 11) is 3.00. The summed E-state index contributed by atoms with van der Waals surface area (Å²) in [5.41, 5.74) is 2.41. The Kier molecular flexibility index (Phi) is 8.25. The zero-order chi connectivity index (χ0) is 24.0. The first kappa shape index (κ1) is 24.5. The highest BCUT2D eigenvalue weighted by Crippen LogP contribution is 2.31. The van der Waals surface area contributed by atoms with E-state index in [-0.39, 0.29) is 17.1 Å². The average molecular weight is 485 g/mol. The van der Waals surface area contributed by atoms with Gasteiger partial charge < -0.3 is 20.1 Å². The molecule has 6 nitrogen and oxygen atoms in total. The van der Waals surface area contributed by atoms with E-state index in [9.17, 15) is 9.59 Å². The second-order valence-corrected chi connectivity index (χ2v) is 9.00. The van der Waals surface area contributed by atoms with Crippen LogP contribution in [0, 0.1) is 6.92 Å². The molecule has 0 saturated carbocycles. The summed E-state index contributed by atoms with van der Waals surface area (Å²) in [4.78, 5) is 26.5. The number of rotatable bonds is 8. The maximum atomic E-state index is 12.9. The summed E-state index contributed by atoms with van der Waals surface area (Å²) in [5, 5.41) is 6.03. The normalized spacial score (nSPS) is 11.4. The molecule has 3 aromatic rings. The first-order chi connectivity index (χ1) is 15.8. The number of ether oxygens (including phenoxy) is 2. The van der Waals surface area contributed by atoms with Gasteiger partial charge in [0.25, 0.3) is 5.91 Å². The van der Waals surface area contributed by atoms with Crippen molar-refractivity contribution in [2.75, 3.05) is 24.9 Å². The summed E-state index contributed by atoms with van der Waals surface area (Å²) in [6.45, 7) is 3.68. The van der Waals surface area contributed by atoms with Crippen molar-refractivity contribution < 1.29 is 19.1 Å². The van der Waals surface area contributed by atoms with Gasteiger partial charge in [-0.15, -0.1) is 11.8 Å². The SMILES string of the molecule is COc1cccc(OC)c1C(=O)Nc1cccc(SC(C)C(=O)Nc2cccc(Cl)c2C)c1. The highest BCUT2D eigenvalue weighted by atomic mass is 35.5. The van der Waals surface area contributed by atoms with Gasteiger partial charge in [0, 0.05) is 21.3 Å². The maximum Gasteiger partial charge on any atom is 0.263 e. The van der Waals surface area contributed by atoms with Crippen molar-refractivity contribution in [3.05, 3.63) is 76.8 Å². The number of carbonyl (C=O) groups excluding carboxylic acids is 2. The fraction of sp³-hybridized carbons (Fsp3) is 0.200. The van der Waals surface area contributed by atoms with E-state index in [0.29, 0.717) is 33.5 Å². The number of amides is 2. The zero-order valence-corrected chi connectivity index (χ0v) is 20.3. The monoisotopic (exact) mass is 484 g/mol. The fourth-order valence-corrected chi connectivity index (χ4v) is 4.25. The van der Waals surface area contributed by atoms with Gasteiger partial charge in [0.15, 0.2) is 0 Å². The molecule has 3 aromatic carbocycles. The van der Waals surface area contributed by atoms with Crippen LogP contribution in [0.3, 0.4) is 0 Å². The third kappa shape index (κ3) is 6.00. The van der Waals surface area contributed by atoms with Crippen molar-refractivity contribution in [2.24, 2.45) is 0 Å². The van der Waals surface area contributed by atoms with Crippen LogP contribution in [0.2, 0.25) is 5.02 Å². The minimum atomic E-state index is -0.372. The minimum Gasteiger partial charge on any atom is -0.496 e. The number of hydrogen-bond acceptors (Lipinski definition) is 5. The van der Waals surface area contributed by atoms with Crippen LogP contribution in [-0.4, -0.2) is 31.3 Å². The topological polar surface area (TPSA) is 76.7 Å². The average Bonchev–Trinajstić information content (AvgIpc) is 2.81. The molecule has 0 bridgehead atoms. The predicted molar refractivity (Wildman–Crippen MR) is 134 cm³/mol. The largest absolute Gasteiger partial charge is 0.496 e. The molecule has 3 rings (SSSR count). The van der Waals surface area contributed by atoms with Gasteiger partial charge in [-0.25, -0.2) is 0 Å². The Morgan fingerprint density at radius 2 is 1.58 bits per heavy atom. The Bertz CT molecular complexity index is 1150. The van der Waals surface area contributed by atoms with E-state index < -0.39 is 0 Å². The van der Waals surface area contributed by atoms with E-state index in [0.717, 1.165) is 10.5 Å². The van der Waals surface area contributed by atoms with Crippen molar-refractivity contribution in [3.8, 4) is 11.5 Å². The molecular weight excluding hydrogens is 460 g/mol. The summed E-state index contributed by atoms with van der Waals surface area (Å²) in [6, 6.07) is 17.9. The third-order valence-electron chi connectivity index (χ3n) is 4.95. The van der Waals surface area contributed by atoms with Gasteiger partial charge in [0.1, 0.15) is 17.1 Å². The molecule has 0 aliphatic rings. The van der Waals surface area contributed by atoms with Gasteiger partial charge >= 0.3 is 0 Å². The first-order valence-electron chi connectivity index (χ1n) is 10.2. The molecule has 33 heavy (non-hydrogen) atoms.